The molecule has 2 heterocycles. The molecule has 0 saturated carbocycles. The number of carbonyl (C=O) groups is 1. The average Bonchev–Trinajstić information content (AvgIpc) is 3.18. The van der Waals surface area contributed by atoms with E-state index in [1.807, 2.05) is 4.90 Å². The van der Waals surface area contributed by atoms with E-state index in [4.69, 9.17) is 0 Å². The van der Waals surface area contributed by atoms with E-state index >= 15 is 0 Å². The number of halogens is 1. The Hall–Kier alpha value is -2.52. The number of anilines is 2. The van der Waals surface area contributed by atoms with Crippen LogP contribution in [0.1, 0.15) is 12.8 Å². The van der Waals surface area contributed by atoms with Crippen LogP contribution in [0.3, 0.4) is 0 Å². The van der Waals surface area contributed by atoms with Gasteiger partial charge in [-0.15, -0.1) is 0 Å². The molecular weight excluding hydrogens is 371 g/mol. The molecule has 0 bridgehead atoms. The molecule has 0 spiro atoms. The molecule has 0 atom stereocenters. The van der Waals surface area contributed by atoms with E-state index in [0.717, 1.165) is 30.2 Å². The topological polar surface area (TPSA) is 82.6 Å². The Morgan fingerprint density at radius 3 is 2.67 bits per heavy atom. The molecule has 1 fully saturated rings. The molecule has 1 aromatic heterocycles. The number of amides is 1. The summed E-state index contributed by atoms with van der Waals surface area (Å²) < 4.78 is 40.2. The largest absolute Gasteiger partial charge is 0.370 e. The van der Waals surface area contributed by atoms with Gasteiger partial charge in [0.1, 0.15) is 16.4 Å². The molecular formula is C18H21FN4O3S. The maximum absolute atomic E-state index is 14.3. The van der Waals surface area contributed by atoms with Crippen molar-refractivity contribution in [1.29, 1.82) is 0 Å². The second-order valence-electron chi connectivity index (χ2n) is 6.33. The molecule has 0 radical (unpaired) electrons. The maximum Gasteiger partial charge on any atom is 0.244 e. The van der Waals surface area contributed by atoms with Gasteiger partial charge in [0.2, 0.25) is 15.9 Å². The van der Waals surface area contributed by atoms with Crippen molar-refractivity contribution < 1.29 is 17.6 Å². The minimum Gasteiger partial charge on any atom is -0.370 e. The van der Waals surface area contributed by atoms with Crippen molar-refractivity contribution in [2.75, 3.05) is 36.9 Å². The summed E-state index contributed by atoms with van der Waals surface area (Å²) in [4.78, 5) is 18.2. The molecule has 1 N–H and O–H groups in total. The van der Waals surface area contributed by atoms with Gasteiger partial charge in [-0.3, -0.25) is 9.78 Å². The van der Waals surface area contributed by atoms with Gasteiger partial charge in [-0.1, -0.05) is 6.07 Å². The number of aromatic nitrogens is 1. The minimum atomic E-state index is -3.86. The number of rotatable bonds is 6. The average molecular weight is 392 g/mol. The fourth-order valence-corrected chi connectivity index (χ4v) is 4.10. The van der Waals surface area contributed by atoms with Crippen LogP contribution in [0.5, 0.6) is 0 Å². The van der Waals surface area contributed by atoms with E-state index < -0.39 is 28.3 Å². The summed E-state index contributed by atoms with van der Waals surface area (Å²) >= 11 is 0. The smallest absolute Gasteiger partial charge is 0.244 e. The highest BCUT2D eigenvalue weighted by Gasteiger charge is 2.25. The van der Waals surface area contributed by atoms with Crippen LogP contribution >= 0.6 is 0 Å². The van der Waals surface area contributed by atoms with Crippen molar-refractivity contribution in [3.05, 3.63) is 48.5 Å². The Morgan fingerprint density at radius 1 is 1.26 bits per heavy atom. The maximum atomic E-state index is 14.3. The van der Waals surface area contributed by atoms with Crippen molar-refractivity contribution in [3.63, 3.8) is 0 Å². The SMILES string of the molecule is CN(CC(=O)Nc1c(F)cccc1N1CCCC1)S(=O)(=O)c1cccnc1. The lowest BCUT2D eigenvalue weighted by atomic mass is 10.2. The number of hydrogen-bond donors (Lipinski definition) is 1. The van der Waals surface area contributed by atoms with Crippen LogP contribution in [0.2, 0.25) is 0 Å². The van der Waals surface area contributed by atoms with E-state index in [0.29, 0.717) is 5.69 Å². The summed E-state index contributed by atoms with van der Waals surface area (Å²) in [6.45, 7) is 1.15. The molecule has 9 heteroatoms. The zero-order valence-corrected chi connectivity index (χ0v) is 15.7. The van der Waals surface area contributed by atoms with Crippen LogP contribution in [0.25, 0.3) is 0 Å². The molecule has 1 saturated heterocycles. The van der Waals surface area contributed by atoms with E-state index in [2.05, 4.69) is 10.3 Å². The van der Waals surface area contributed by atoms with E-state index in [1.165, 1.54) is 37.6 Å². The number of likely N-dealkylation sites (N-methyl/N-ethyl adjacent to an activating group) is 1. The number of benzene rings is 1. The second-order valence-corrected chi connectivity index (χ2v) is 8.37. The van der Waals surface area contributed by atoms with Gasteiger partial charge in [0.15, 0.2) is 0 Å². The summed E-state index contributed by atoms with van der Waals surface area (Å²) in [7, 11) is -2.56. The van der Waals surface area contributed by atoms with Crippen molar-refractivity contribution in [2.45, 2.75) is 17.7 Å². The number of para-hydroxylation sites is 1. The molecule has 7 nitrogen and oxygen atoms in total. The lowest BCUT2D eigenvalue weighted by Crippen LogP contribution is -2.35. The van der Waals surface area contributed by atoms with Gasteiger partial charge in [-0.2, -0.15) is 4.31 Å². The monoisotopic (exact) mass is 392 g/mol. The van der Waals surface area contributed by atoms with E-state index in [9.17, 15) is 17.6 Å². The molecule has 0 aliphatic carbocycles. The number of nitrogens with zero attached hydrogens (tertiary/aromatic N) is 3. The lowest BCUT2D eigenvalue weighted by molar-refractivity contribution is -0.116. The molecule has 0 unspecified atom stereocenters. The van der Waals surface area contributed by atoms with Gasteiger partial charge in [0.05, 0.1) is 12.2 Å². The highest BCUT2D eigenvalue weighted by molar-refractivity contribution is 7.89. The number of nitrogens with one attached hydrogen (secondary N) is 1. The molecule has 2 aromatic rings. The Bertz CT molecular complexity index is 915. The second kappa shape index (κ2) is 8.01. The summed E-state index contributed by atoms with van der Waals surface area (Å²) in [6, 6.07) is 7.52. The predicted molar refractivity (Wildman–Crippen MR) is 101 cm³/mol. The molecule has 1 aliphatic heterocycles. The highest BCUT2D eigenvalue weighted by atomic mass is 32.2. The summed E-state index contributed by atoms with van der Waals surface area (Å²) in [5.74, 6) is -1.17. The first-order chi connectivity index (χ1) is 12.9. The van der Waals surface area contributed by atoms with Crippen molar-refractivity contribution >= 4 is 27.3 Å². The molecule has 1 amide bonds. The van der Waals surface area contributed by atoms with Gasteiger partial charge in [-0.25, -0.2) is 12.8 Å². The standard InChI is InChI=1S/C18H21FN4O3S/c1-22(27(25,26)14-6-5-9-20-12-14)13-17(24)21-18-15(19)7-4-8-16(18)23-10-2-3-11-23/h4-9,12H,2-3,10-11,13H2,1H3,(H,21,24). The van der Waals surface area contributed by atoms with Crippen LogP contribution in [0, 0.1) is 5.82 Å². The van der Waals surface area contributed by atoms with Gasteiger partial charge in [-0.05, 0) is 37.1 Å². The Kier molecular flexibility index (Phi) is 5.71. The molecule has 1 aliphatic rings. The molecule has 3 rings (SSSR count). The van der Waals surface area contributed by atoms with Crippen LogP contribution in [-0.2, 0) is 14.8 Å². The van der Waals surface area contributed by atoms with Crippen LogP contribution in [0.4, 0.5) is 15.8 Å². The quantitative estimate of drug-likeness (QED) is 0.814. The van der Waals surface area contributed by atoms with E-state index in [1.54, 1.807) is 12.1 Å². The predicted octanol–water partition coefficient (Wildman–Crippen LogP) is 2.08. The first-order valence-corrected chi connectivity index (χ1v) is 10.0. The number of carbonyl (C=O) groups excluding carboxylic acids is 1. The third-order valence-corrected chi connectivity index (χ3v) is 6.20. The fraction of sp³-hybridized carbons (Fsp3) is 0.333. The molecule has 1 aromatic carbocycles. The van der Waals surface area contributed by atoms with Crippen molar-refractivity contribution in [3.8, 4) is 0 Å². The van der Waals surface area contributed by atoms with Gasteiger partial charge in [0.25, 0.3) is 0 Å². The third kappa shape index (κ3) is 4.25. The summed E-state index contributed by atoms with van der Waals surface area (Å²) in [6.07, 6.45) is 4.70. The van der Waals surface area contributed by atoms with Gasteiger partial charge >= 0.3 is 0 Å². The van der Waals surface area contributed by atoms with Crippen LogP contribution < -0.4 is 10.2 Å². The lowest BCUT2D eigenvalue weighted by Gasteiger charge is -2.23. The first-order valence-electron chi connectivity index (χ1n) is 8.59. The fourth-order valence-electron chi connectivity index (χ4n) is 3.00. The van der Waals surface area contributed by atoms with Gasteiger partial charge < -0.3 is 10.2 Å². The number of sulfonamides is 1. The minimum absolute atomic E-state index is 0.0102. The number of pyridine rings is 1. The number of hydrogen-bond acceptors (Lipinski definition) is 5. The molecule has 27 heavy (non-hydrogen) atoms. The summed E-state index contributed by atoms with van der Waals surface area (Å²) in [5, 5.41) is 2.53. The highest BCUT2D eigenvalue weighted by Crippen LogP contribution is 2.31. The third-order valence-electron chi connectivity index (χ3n) is 4.41. The van der Waals surface area contributed by atoms with Crippen molar-refractivity contribution in [2.24, 2.45) is 0 Å². The normalized spacial score (nSPS) is 14.6. The van der Waals surface area contributed by atoms with Crippen LogP contribution in [-0.4, -0.2) is 50.3 Å². The molecule has 144 valence electrons. The first kappa shape index (κ1) is 19.2. The summed E-state index contributed by atoms with van der Waals surface area (Å²) in [5.41, 5.74) is 0.690. The van der Waals surface area contributed by atoms with E-state index in [-0.39, 0.29) is 10.6 Å². The van der Waals surface area contributed by atoms with Crippen molar-refractivity contribution in [1.82, 2.24) is 9.29 Å². The Morgan fingerprint density at radius 2 is 2.00 bits per heavy atom. The zero-order chi connectivity index (χ0) is 19.4. The Balaban J connectivity index is 1.75. The Labute approximate surface area is 157 Å². The van der Waals surface area contributed by atoms with Gasteiger partial charge in [0, 0.05) is 32.5 Å². The zero-order valence-electron chi connectivity index (χ0n) is 14.9. The van der Waals surface area contributed by atoms with Crippen LogP contribution in [0.15, 0.2) is 47.6 Å².